The van der Waals surface area contributed by atoms with Crippen molar-refractivity contribution >= 4 is 45.9 Å². The van der Waals surface area contributed by atoms with Crippen molar-refractivity contribution < 1.29 is 4.74 Å². The van der Waals surface area contributed by atoms with Gasteiger partial charge in [-0.2, -0.15) is 4.98 Å². The fourth-order valence-electron chi connectivity index (χ4n) is 3.16. The van der Waals surface area contributed by atoms with Gasteiger partial charge in [0.2, 0.25) is 5.28 Å². The Bertz CT molecular complexity index is 872. The minimum Gasteiger partial charge on any atom is -0.373 e. The summed E-state index contributed by atoms with van der Waals surface area (Å²) < 4.78 is 7.49. The smallest absolute Gasteiger partial charge is 0.243 e. The van der Waals surface area contributed by atoms with Crippen LogP contribution in [0.3, 0.4) is 0 Å². The van der Waals surface area contributed by atoms with Crippen molar-refractivity contribution in [1.29, 1.82) is 0 Å². The van der Waals surface area contributed by atoms with Crippen molar-refractivity contribution in [3.8, 4) is 0 Å². The number of hydrogen-bond acceptors (Lipinski definition) is 5. The van der Waals surface area contributed by atoms with Crippen LogP contribution in [0.15, 0.2) is 17.5 Å². The summed E-state index contributed by atoms with van der Waals surface area (Å²) in [5.74, 6) is 0.687. The second-order valence-corrected chi connectivity index (χ2v) is 7.48. The molecule has 1 unspecified atom stereocenters. The number of nitrogens with zero attached hydrogens (tertiary/aromatic N) is 3. The van der Waals surface area contributed by atoms with E-state index in [0.29, 0.717) is 17.5 Å². The molecule has 0 saturated carbocycles. The van der Waals surface area contributed by atoms with E-state index < -0.39 is 0 Å². The van der Waals surface area contributed by atoms with E-state index in [1.807, 2.05) is 13.0 Å². The third kappa shape index (κ3) is 2.77. The van der Waals surface area contributed by atoms with E-state index in [2.05, 4.69) is 26.8 Å². The molecule has 0 radical (unpaired) electrons. The topological polar surface area (TPSA) is 51.5 Å². The van der Waals surface area contributed by atoms with Crippen LogP contribution in [0, 0.1) is 6.92 Å². The van der Waals surface area contributed by atoms with E-state index >= 15 is 0 Å². The summed E-state index contributed by atoms with van der Waals surface area (Å²) in [5.41, 5.74) is 2.88. The maximum Gasteiger partial charge on any atom is 0.243 e. The first kappa shape index (κ1) is 16.1. The predicted molar refractivity (Wildman–Crippen MR) is 97.3 cm³/mol. The monoisotopic (exact) mass is 382 g/mol. The first-order valence-electron chi connectivity index (χ1n) is 7.77. The molecular weight excluding hydrogens is 367 g/mol. The third-order valence-corrected chi connectivity index (χ3v) is 5.65. The SMILES string of the molecule is Cc1c(C2CCCO2)c(Cl)n2nc(Cl)nc(NCc3cccs3)c12. The molecular formula is C16H16Cl2N4OS. The Hall–Kier alpha value is -1.34. The maximum absolute atomic E-state index is 6.59. The van der Waals surface area contributed by atoms with Crippen molar-refractivity contribution in [2.75, 3.05) is 11.9 Å². The summed E-state index contributed by atoms with van der Waals surface area (Å²) in [5, 5.41) is 10.4. The minimum absolute atomic E-state index is 0.0168. The van der Waals surface area contributed by atoms with Gasteiger partial charge in [-0.15, -0.1) is 16.4 Å². The second kappa shape index (κ2) is 6.52. The molecule has 1 atom stereocenters. The molecule has 0 aliphatic carbocycles. The van der Waals surface area contributed by atoms with Crippen LogP contribution in [0.25, 0.3) is 5.52 Å². The lowest BCUT2D eigenvalue weighted by atomic mass is 10.1. The number of ether oxygens (including phenoxy) is 1. The van der Waals surface area contributed by atoms with Crippen LogP contribution in [0.1, 0.15) is 34.9 Å². The number of anilines is 1. The Labute approximate surface area is 153 Å². The molecule has 0 amide bonds. The lowest BCUT2D eigenvalue weighted by Gasteiger charge is -2.09. The lowest BCUT2D eigenvalue weighted by Crippen LogP contribution is -2.05. The number of rotatable bonds is 4. The molecule has 0 aromatic carbocycles. The average Bonchev–Trinajstić information content (AvgIpc) is 3.28. The lowest BCUT2D eigenvalue weighted by molar-refractivity contribution is 0.111. The van der Waals surface area contributed by atoms with E-state index in [1.165, 1.54) is 4.88 Å². The molecule has 3 aromatic heterocycles. The molecule has 1 N–H and O–H groups in total. The second-order valence-electron chi connectivity index (χ2n) is 5.75. The first-order valence-corrected chi connectivity index (χ1v) is 9.41. The summed E-state index contributed by atoms with van der Waals surface area (Å²) in [6, 6.07) is 4.10. The number of hydrogen-bond donors (Lipinski definition) is 1. The van der Waals surface area contributed by atoms with Gasteiger partial charge < -0.3 is 10.1 Å². The fourth-order valence-corrected chi connectivity index (χ4v) is 4.35. The Kier molecular flexibility index (Phi) is 4.39. The summed E-state index contributed by atoms with van der Waals surface area (Å²) >= 11 is 14.4. The third-order valence-electron chi connectivity index (χ3n) is 4.25. The standard InChI is InChI=1S/C16H16Cl2N4OS/c1-9-12(11-5-2-6-23-11)14(17)22-13(9)15(20-16(18)21-22)19-8-10-4-3-7-24-10/h3-4,7,11H,2,5-6,8H2,1H3,(H,19,20,21). The first-order chi connectivity index (χ1) is 11.6. The van der Waals surface area contributed by atoms with Crippen LogP contribution in [-0.4, -0.2) is 21.2 Å². The summed E-state index contributed by atoms with van der Waals surface area (Å²) in [6.45, 7) is 3.48. The minimum atomic E-state index is 0.0168. The van der Waals surface area contributed by atoms with Gasteiger partial charge in [-0.1, -0.05) is 17.7 Å². The highest BCUT2D eigenvalue weighted by molar-refractivity contribution is 7.09. The summed E-state index contributed by atoms with van der Waals surface area (Å²) in [6.07, 6.45) is 2.03. The van der Waals surface area contributed by atoms with E-state index in [0.717, 1.165) is 36.1 Å². The zero-order chi connectivity index (χ0) is 16.7. The highest BCUT2D eigenvalue weighted by Gasteiger charge is 2.28. The van der Waals surface area contributed by atoms with Gasteiger partial charge >= 0.3 is 0 Å². The predicted octanol–water partition coefficient (Wildman–Crippen LogP) is 4.87. The van der Waals surface area contributed by atoms with Gasteiger partial charge in [0.05, 0.1) is 12.6 Å². The van der Waals surface area contributed by atoms with Crippen molar-refractivity contribution in [3.63, 3.8) is 0 Å². The molecule has 1 aliphatic heterocycles. The summed E-state index contributed by atoms with van der Waals surface area (Å²) in [4.78, 5) is 5.59. The zero-order valence-electron chi connectivity index (χ0n) is 13.1. The van der Waals surface area contributed by atoms with Gasteiger partial charge in [-0.05, 0) is 48.4 Å². The van der Waals surface area contributed by atoms with E-state index in [4.69, 9.17) is 27.9 Å². The van der Waals surface area contributed by atoms with E-state index in [9.17, 15) is 0 Å². The van der Waals surface area contributed by atoms with Crippen LogP contribution in [0.4, 0.5) is 5.82 Å². The Morgan fingerprint density at radius 2 is 2.33 bits per heavy atom. The Balaban J connectivity index is 1.79. The molecule has 8 heteroatoms. The Morgan fingerprint density at radius 1 is 1.46 bits per heavy atom. The number of nitrogens with one attached hydrogen (secondary N) is 1. The maximum atomic E-state index is 6.59. The highest BCUT2D eigenvalue weighted by atomic mass is 35.5. The number of aromatic nitrogens is 3. The molecule has 0 spiro atoms. The summed E-state index contributed by atoms with van der Waals surface area (Å²) in [7, 11) is 0. The van der Waals surface area contributed by atoms with E-state index in [-0.39, 0.29) is 11.4 Å². The highest BCUT2D eigenvalue weighted by Crippen LogP contribution is 2.40. The fraction of sp³-hybridized carbons (Fsp3) is 0.375. The average molecular weight is 383 g/mol. The molecule has 3 aromatic rings. The number of fused-ring (bicyclic) bond motifs is 1. The molecule has 1 aliphatic rings. The van der Waals surface area contributed by atoms with Crippen LogP contribution < -0.4 is 5.32 Å². The largest absolute Gasteiger partial charge is 0.373 e. The molecule has 0 bridgehead atoms. The molecule has 24 heavy (non-hydrogen) atoms. The molecule has 1 fully saturated rings. The molecule has 5 nitrogen and oxygen atoms in total. The molecule has 4 heterocycles. The Morgan fingerprint density at radius 3 is 3.04 bits per heavy atom. The van der Waals surface area contributed by atoms with Gasteiger partial charge in [0.15, 0.2) is 5.82 Å². The number of halogens is 2. The van der Waals surface area contributed by atoms with Crippen LogP contribution in [-0.2, 0) is 11.3 Å². The van der Waals surface area contributed by atoms with E-state index in [1.54, 1.807) is 15.9 Å². The van der Waals surface area contributed by atoms with Crippen molar-refractivity contribution in [1.82, 2.24) is 14.6 Å². The number of thiophene rings is 1. The normalized spacial score (nSPS) is 17.7. The van der Waals surface area contributed by atoms with Crippen LogP contribution in [0.5, 0.6) is 0 Å². The molecule has 4 rings (SSSR count). The molecule has 126 valence electrons. The van der Waals surface area contributed by atoms with Gasteiger partial charge in [-0.25, -0.2) is 4.52 Å². The van der Waals surface area contributed by atoms with Gasteiger partial charge in [0.25, 0.3) is 0 Å². The van der Waals surface area contributed by atoms with Gasteiger partial charge in [0, 0.05) is 17.0 Å². The molecule has 1 saturated heterocycles. The van der Waals surface area contributed by atoms with Crippen molar-refractivity contribution in [3.05, 3.63) is 44.0 Å². The van der Waals surface area contributed by atoms with Crippen molar-refractivity contribution in [2.24, 2.45) is 0 Å². The van der Waals surface area contributed by atoms with Crippen molar-refractivity contribution in [2.45, 2.75) is 32.4 Å². The quantitative estimate of drug-likeness (QED) is 0.699. The van der Waals surface area contributed by atoms with Crippen LogP contribution in [0.2, 0.25) is 10.4 Å². The zero-order valence-corrected chi connectivity index (χ0v) is 15.4. The van der Waals surface area contributed by atoms with Gasteiger partial charge in [-0.3, -0.25) is 0 Å². The van der Waals surface area contributed by atoms with Gasteiger partial charge in [0.1, 0.15) is 10.7 Å². The van der Waals surface area contributed by atoms with Crippen LogP contribution >= 0.6 is 34.5 Å². The number of aryl methyl sites for hydroxylation is 1.